The maximum absolute atomic E-state index is 14.0. The number of alkyl halides is 5. The van der Waals surface area contributed by atoms with E-state index in [1.54, 1.807) is 36.1 Å². The maximum Gasteiger partial charge on any atom is 0.418 e. The lowest BCUT2D eigenvalue weighted by Gasteiger charge is -2.25. The number of carbonyl (C=O) groups is 2. The molecule has 0 aliphatic carbocycles. The second kappa shape index (κ2) is 9.84. The zero-order chi connectivity index (χ0) is 26.9. The first-order valence-corrected chi connectivity index (χ1v) is 10.6. The van der Waals surface area contributed by atoms with Crippen LogP contribution in [0.25, 0.3) is 16.5 Å². The van der Waals surface area contributed by atoms with Crippen molar-refractivity contribution in [2.45, 2.75) is 12.8 Å². The number of carbonyl (C=O) groups excluding carboxylic acids is 2. The van der Waals surface area contributed by atoms with Gasteiger partial charge in [0.05, 0.1) is 22.5 Å². The number of halogens is 5. The molecule has 8 nitrogen and oxygen atoms in total. The van der Waals surface area contributed by atoms with E-state index in [9.17, 15) is 31.5 Å². The van der Waals surface area contributed by atoms with E-state index in [0.717, 1.165) is 12.1 Å². The second-order valence-corrected chi connectivity index (χ2v) is 7.87. The molecule has 1 aliphatic rings. The first-order chi connectivity index (χ1) is 17.5. The Morgan fingerprint density at radius 3 is 2.51 bits per heavy atom. The number of hydrogen-bond donors (Lipinski definition) is 1. The molecule has 37 heavy (non-hydrogen) atoms. The van der Waals surface area contributed by atoms with Gasteiger partial charge >= 0.3 is 12.8 Å². The Hall–Kier alpha value is -4.55. The van der Waals surface area contributed by atoms with E-state index in [1.165, 1.54) is 24.2 Å². The number of hydrazone groups is 1. The van der Waals surface area contributed by atoms with Gasteiger partial charge in [0.25, 0.3) is 0 Å². The summed E-state index contributed by atoms with van der Waals surface area (Å²) < 4.78 is 72.7. The molecule has 192 valence electrons. The molecule has 0 spiro atoms. The molecule has 0 unspecified atom stereocenters. The normalized spacial score (nSPS) is 16.6. The lowest BCUT2D eigenvalue weighted by molar-refractivity contribution is -0.117. The minimum Gasteiger partial charge on any atom is -0.435 e. The molecular formula is C24H18F5N5O3. The number of ether oxygens (including phenoxy) is 1. The topological polar surface area (TPSA) is 88.8 Å². The summed E-state index contributed by atoms with van der Waals surface area (Å²) in [5.74, 6) is -1.34. The molecule has 0 bridgehead atoms. The molecule has 2 heterocycles. The largest absolute Gasteiger partial charge is 0.435 e. The van der Waals surface area contributed by atoms with Gasteiger partial charge in [0.1, 0.15) is 11.5 Å². The zero-order valence-corrected chi connectivity index (χ0v) is 19.3. The van der Waals surface area contributed by atoms with Crippen LogP contribution < -0.4 is 15.1 Å². The van der Waals surface area contributed by atoms with Gasteiger partial charge in [0.2, 0.25) is 5.91 Å². The summed E-state index contributed by atoms with van der Waals surface area (Å²) in [5.41, 5.74) is -1.80. The molecule has 1 aromatic heterocycles. The minimum atomic E-state index is -4.99. The second-order valence-electron chi connectivity index (χ2n) is 7.87. The average Bonchev–Trinajstić information content (AvgIpc) is 3.20. The van der Waals surface area contributed by atoms with Crippen molar-refractivity contribution in [1.82, 2.24) is 15.1 Å². The number of nitrogens with one attached hydrogen (secondary N) is 1. The van der Waals surface area contributed by atoms with Gasteiger partial charge in [-0.15, -0.1) is 0 Å². The number of benzene rings is 2. The third-order valence-electron chi connectivity index (χ3n) is 5.32. The minimum absolute atomic E-state index is 0.0440. The summed E-state index contributed by atoms with van der Waals surface area (Å²) in [6, 6.07) is 9.56. The van der Waals surface area contributed by atoms with Gasteiger partial charge in [0, 0.05) is 37.3 Å². The molecule has 1 N–H and O–H groups in total. The number of aldehydes is 1. The fraction of sp³-hybridized carbons (Fsp3) is 0.167. The lowest BCUT2D eigenvalue weighted by atomic mass is 9.95. The van der Waals surface area contributed by atoms with Gasteiger partial charge in [-0.05, 0) is 35.9 Å². The molecule has 1 amide bonds. The van der Waals surface area contributed by atoms with Crippen LogP contribution in [0.4, 0.5) is 27.6 Å². The van der Waals surface area contributed by atoms with Crippen LogP contribution in [0.2, 0.25) is 0 Å². The standard InChI is InChI=1S/C24H18F5N5O3/c1-33-11-14-9-15(5-8-19(14)31-33)34(2)32-22-18(24(27,28)29)10-20(36)30-21(22)17(12-35)13-3-6-16(7-4-13)37-23(25)26/h3-12,23H,1-2H3,(H,30,36)/b21-17-,32-22-. The molecule has 13 heteroatoms. The third-order valence-corrected chi connectivity index (χ3v) is 5.32. The summed E-state index contributed by atoms with van der Waals surface area (Å²) in [4.78, 5) is 24.2. The number of aryl methyl sites for hydroxylation is 1. The Balaban J connectivity index is 1.85. The lowest BCUT2D eigenvalue weighted by Crippen LogP contribution is -2.39. The van der Waals surface area contributed by atoms with Crippen LogP contribution in [0.5, 0.6) is 5.75 Å². The number of allylic oxidation sites excluding steroid dienone is 2. The number of nitrogens with zero attached hydrogens (tertiary/aromatic N) is 4. The molecule has 0 radical (unpaired) electrons. The van der Waals surface area contributed by atoms with Crippen molar-refractivity contribution in [2.75, 3.05) is 12.1 Å². The van der Waals surface area contributed by atoms with Crippen molar-refractivity contribution in [3.63, 3.8) is 0 Å². The molecule has 3 aromatic rings. The van der Waals surface area contributed by atoms with E-state index in [0.29, 0.717) is 22.7 Å². The van der Waals surface area contributed by atoms with Crippen molar-refractivity contribution >= 4 is 40.1 Å². The van der Waals surface area contributed by atoms with Crippen LogP contribution in [0.3, 0.4) is 0 Å². The summed E-state index contributed by atoms with van der Waals surface area (Å²) in [5, 5.41) is 12.5. The molecule has 1 aliphatic heterocycles. The van der Waals surface area contributed by atoms with E-state index >= 15 is 0 Å². The van der Waals surface area contributed by atoms with Gasteiger partial charge in [-0.2, -0.15) is 32.2 Å². The Labute approximate surface area is 206 Å². The molecule has 2 aromatic carbocycles. The van der Waals surface area contributed by atoms with E-state index in [4.69, 9.17) is 0 Å². The van der Waals surface area contributed by atoms with Crippen molar-refractivity contribution in [3.8, 4) is 5.75 Å². The summed E-state index contributed by atoms with van der Waals surface area (Å²) >= 11 is 0. The highest BCUT2D eigenvalue weighted by atomic mass is 19.4. The highest BCUT2D eigenvalue weighted by Crippen LogP contribution is 2.34. The van der Waals surface area contributed by atoms with Gasteiger partial charge in [-0.25, -0.2) is 0 Å². The molecular weight excluding hydrogens is 501 g/mol. The fourth-order valence-electron chi connectivity index (χ4n) is 3.70. The highest BCUT2D eigenvalue weighted by Gasteiger charge is 2.42. The Morgan fingerprint density at radius 1 is 1.19 bits per heavy atom. The Morgan fingerprint density at radius 2 is 1.89 bits per heavy atom. The van der Waals surface area contributed by atoms with Crippen molar-refractivity contribution in [2.24, 2.45) is 12.1 Å². The van der Waals surface area contributed by atoms with E-state index in [-0.39, 0.29) is 23.2 Å². The predicted octanol–water partition coefficient (Wildman–Crippen LogP) is 4.20. The average molecular weight is 519 g/mol. The van der Waals surface area contributed by atoms with Gasteiger partial charge in [-0.3, -0.25) is 19.3 Å². The van der Waals surface area contributed by atoms with Crippen molar-refractivity contribution in [3.05, 3.63) is 71.6 Å². The fourth-order valence-corrected chi connectivity index (χ4v) is 3.70. The van der Waals surface area contributed by atoms with E-state index in [2.05, 4.69) is 20.3 Å². The van der Waals surface area contributed by atoms with E-state index < -0.39 is 35.7 Å². The Kier molecular flexibility index (Phi) is 6.79. The summed E-state index contributed by atoms with van der Waals surface area (Å²) in [7, 11) is 3.13. The van der Waals surface area contributed by atoms with Gasteiger partial charge in [-0.1, -0.05) is 12.1 Å². The van der Waals surface area contributed by atoms with Gasteiger partial charge in [0.15, 0.2) is 6.29 Å². The number of anilines is 1. The smallest absolute Gasteiger partial charge is 0.418 e. The molecule has 0 saturated heterocycles. The monoisotopic (exact) mass is 519 g/mol. The number of aromatic nitrogens is 2. The number of amides is 1. The van der Waals surface area contributed by atoms with Crippen LogP contribution in [0, 0.1) is 0 Å². The quantitative estimate of drug-likeness (QED) is 0.228. The maximum atomic E-state index is 14.0. The van der Waals surface area contributed by atoms with E-state index in [1.807, 2.05) is 0 Å². The van der Waals surface area contributed by atoms with Crippen molar-refractivity contribution < 1.29 is 36.3 Å². The number of rotatable bonds is 6. The zero-order valence-electron chi connectivity index (χ0n) is 19.3. The van der Waals surface area contributed by atoms with Crippen LogP contribution in [-0.2, 0) is 16.6 Å². The highest BCUT2D eigenvalue weighted by molar-refractivity contribution is 6.28. The molecule has 0 saturated carbocycles. The Bertz CT molecular complexity index is 1460. The van der Waals surface area contributed by atoms with Gasteiger partial charge < -0.3 is 10.1 Å². The molecule has 4 rings (SSSR count). The molecule has 0 atom stereocenters. The number of hydrogen-bond acceptors (Lipinski definition) is 6. The van der Waals surface area contributed by atoms with Crippen LogP contribution >= 0.6 is 0 Å². The predicted molar refractivity (Wildman–Crippen MR) is 125 cm³/mol. The van der Waals surface area contributed by atoms with Crippen molar-refractivity contribution in [1.29, 1.82) is 0 Å². The van der Waals surface area contributed by atoms with Crippen LogP contribution in [-0.4, -0.2) is 47.5 Å². The first kappa shape index (κ1) is 25.5. The van der Waals surface area contributed by atoms with Crippen LogP contribution in [0.1, 0.15) is 5.56 Å². The number of fused-ring (bicyclic) bond motifs is 1. The third kappa shape index (κ3) is 5.50. The first-order valence-electron chi connectivity index (χ1n) is 10.6. The summed E-state index contributed by atoms with van der Waals surface area (Å²) in [6.45, 7) is -3.09. The van der Waals surface area contributed by atoms with Crippen LogP contribution in [0.15, 0.2) is 71.1 Å². The summed E-state index contributed by atoms with van der Waals surface area (Å²) in [6.07, 6.45) is -2.67. The SMILES string of the molecule is CN(/N=C1/C(C(F)(F)F)=CC(=O)N/C1=C(/C=O)c1ccc(OC(F)F)cc1)c1ccc2nn(C)cc2c1. The molecule has 0 fully saturated rings.